The van der Waals surface area contributed by atoms with Crippen molar-refractivity contribution in [2.45, 2.75) is 0 Å². The molecule has 0 spiro atoms. The second-order valence-electron chi connectivity index (χ2n) is 5.52. The topological polar surface area (TPSA) is 111 Å². The predicted molar refractivity (Wildman–Crippen MR) is 104 cm³/mol. The molecule has 0 saturated carbocycles. The van der Waals surface area contributed by atoms with E-state index in [0.29, 0.717) is 28.6 Å². The first-order valence-electron chi connectivity index (χ1n) is 8.07. The number of hydrogen-bond acceptors (Lipinski definition) is 6. The standard InChI is InChI=1S/C19H19N5O3/c1-26-16-6-4-3-5-13(16)14-10-18(22-11-21-14)23-12-7-8-17(27-2)15(9-12)24-19(20)25/h3-11H,1-2H3,(H3,20,24,25)(H,21,22,23). The third-order valence-corrected chi connectivity index (χ3v) is 3.78. The number of amides is 2. The van der Waals surface area contributed by atoms with Crippen molar-refractivity contribution < 1.29 is 14.3 Å². The summed E-state index contributed by atoms with van der Waals surface area (Å²) in [6.45, 7) is 0. The minimum Gasteiger partial charge on any atom is -0.496 e. The van der Waals surface area contributed by atoms with Crippen molar-refractivity contribution in [2.24, 2.45) is 5.73 Å². The molecule has 1 heterocycles. The molecule has 0 bridgehead atoms. The number of anilines is 3. The number of aromatic nitrogens is 2. The van der Waals surface area contributed by atoms with E-state index in [9.17, 15) is 4.79 Å². The lowest BCUT2D eigenvalue weighted by atomic mass is 10.1. The van der Waals surface area contributed by atoms with Crippen LogP contribution in [0.3, 0.4) is 0 Å². The van der Waals surface area contributed by atoms with E-state index in [4.69, 9.17) is 15.2 Å². The van der Waals surface area contributed by atoms with E-state index in [0.717, 1.165) is 11.3 Å². The lowest BCUT2D eigenvalue weighted by Gasteiger charge is -2.13. The predicted octanol–water partition coefficient (Wildman–Crippen LogP) is 3.40. The fourth-order valence-electron chi connectivity index (χ4n) is 2.59. The lowest BCUT2D eigenvalue weighted by molar-refractivity contribution is 0.259. The minimum absolute atomic E-state index is 0.453. The van der Waals surface area contributed by atoms with Gasteiger partial charge in [-0.05, 0) is 30.3 Å². The van der Waals surface area contributed by atoms with Crippen LogP contribution in [0.4, 0.5) is 22.0 Å². The van der Waals surface area contributed by atoms with E-state index in [-0.39, 0.29) is 0 Å². The first-order chi connectivity index (χ1) is 13.1. The number of nitrogens with one attached hydrogen (secondary N) is 2. The van der Waals surface area contributed by atoms with Crippen molar-refractivity contribution in [3.63, 3.8) is 0 Å². The molecule has 0 aliphatic carbocycles. The number of para-hydroxylation sites is 1. The van der Waals surface area contributed by atoms with Gasteiger partial charge in [-0.1, -0.05) is 12.1 Å². The van der Waals surface area contributed by atoms with E-state index in [1.807, 2.05) is 30.3 Å². The first kappa shape index (κ1) is 18.0. The Morgan fingerprint density at radius 1 is 1.00 bits per heavy atom. The summed E-state index contributed by atoms with van der Waals surface area (Å²) in [6, 6.07) is 14.0. The third-order valence-electron chi connectivity index (χ3n) is 3.78. The number of benzene rings is 2. The Labute approximate surface area is 156 Å². The summed E-state index contributed by atoms with van der Waals surface area (Å²) in [7, 11) is 3.13. The third kappa shape index (κ3) is 4.24. The average Bonchev–Trinajstić information content (AvgIpc) is 2.68. The van der Waals surface area contributed by atoms with Gasteiger partial charge >= 0.3 is 6.03 Å². The molecule has 2 amide bonds. The Morgan fingerprint density at radius 3 is 2.52 bits per heavy atom. The van der Waals surface area contributed by atoms with Gasteiger partial charge in [-0.25, -0.2) is 14.8 Å². The van der Waals surface area contributed by atoms with Crippen LogP contribution >= 0.6 is 0 Å². The summed E-state index contributed by atoms with van der Waals surface area (Å²) in [5.41, 5.74) is 7.93. The van der Waals surface area contributed by atoms with Crippen molar-refractivity contribution in [3.05, 3.63) is 54.9 Å². The van der Waals surface area contributed by atoms with Crippen molar-refractivity contribution in [1.82, 2.24) is 9.97 Å². The summed E-state index contributed by atoms with van der Waals surface area (Å²) >= 11 is 0. The van der Waals surface area contributed by atoms with Gasteiger partial charge in [0.25, 0.3) is 0 Å². The maximum atomic E-state index is 11.2. The second-order valence-corrected chi connectivity index (χ2v) is 5.52. The molecule has 0 radical (unpaired) electrons. The van der Waals surface area contributed by atoms with E-state index >= 15 is 0 Å². The molecule has 8 nitrogen and oxygen atoms in total. The second kappa shape index (κ2) is 8.05. The highest BCUT2D eigenvalue weighted by Crippen LogP contribution is 2.31. The summed E-state index contributed by atoms with van der Waals surface area (Å²) in [5.74, 6) is 1.80. The maximum Gasteiger partial charge on any atom is 0.316 e. The molecular formula is C19H19N5O3. The molecule has 0 aliphatic rings. The average molecular weight is 365 g/mol. The molecule has 0 aliphatic heterocycles. The number of nitrogens with zero attached hydrogens (tertiary/aromatic N) is 2. The molecule has 0 fully saturated rings. The highest BCUT2D eigenvalue weighted by Gasteiger charge is 2.10. The molecule has 27 heavy (non-hydrogen) atoms. The number of carbonyl (C=O) groups is 1. The summed E-state index contributed by atoms with van der Waals surface area (Å²) in [4.78, 5) is 19.7. The molecule has 0 saturated heterocycles. The van der Waals surface area contributed by atoms with Crippen LogP contribution in [0.5, 0.6) is 11.5 Å². The SMILES string of the molecule is COc1ccc(Nc2cc(-c3ccccc3OC)ncn2)cc1NC(N)=O. The number of ether oxygens (including phenoxy) is 2. The molecule has 1 aromatic heterocycles. The number of hydrogen-bond donors (Lipinski definition) is 3. The molecule has 138 valence electrons. The molecule has 3 rings (SSSR count). The highest BCUT2D eigenvalue weighted by molar-refractivity contribution is 5.90. The molecule has 8 heteroatoms. The Hall–Kier alpha value is -3.81. The molecule has 2 aromatic carbocycles. The smallest absolute Gasteiger partial charge is 0.316 e. The Bertz CT molecular complexity index is 962. The van der Waals surface area contributed by atoms with Crippen LogP contribution in [0.15, 0.2) is 54.9 Å². The molecule has 3 aromatic rings. The van der Waals surface area contributed by atoms with E-state index in [1.54, 1.807) is 25.3 Å². The fourth-order valence-corrected chi connectivity index (χ4v) is 2.59. The Balaban J connectivity index is 1.89. The van der Waals surface area contributed by atoms with Crippen molar-refractivity contribution >= 4 is 23.2 Å². The maximum absolute atomic E-state index is 11.2. The number of nitrogens with two attached hydrogens (primary N) is 1. The number of carbonyl (C=O) groups excluding carboxylic acids is 1. The first-order valence-corrected chi connectivity index (χ1v) is 8.07. The Kier molecular flexibility index (Phi) is 5.36. The van der Waals surface area contributed by atoms with Gasteiger partial charge in [-0.2, -0.15) is 0 Å². The van der Waals surface area contributed by atoms with Crippen molar-refractivity contribution in [1.29, 1.82) is 0 Å². The number of primary amides is 1. The van der Waals surface area contributed by atoms with E-state index in [1.165, 1.54) is 13.4 Å². The van der Waals surface area contributed by atoms with Crippen LogP contribution in [0.2, 0.25) is 0 Å². The zero-order chi connectivity index (χ0) is 19.2. The van der Waals surface area contributed by atoms with Crippen LogP contribution in [-0.4, -0.2) is 30.2 Å². The van der Waals surface area contributed by atoms with Crippen molar-refractivity contribution in [3.8, 4) is 22.8 Å². The number of rotatable bonds is 6. The summed E-state index contributed by atoms with van der Waals surface area (Å²) in [6.07, 6.45) is 1.47. The van der Waals surface area contributed by atoms with Gasteiger partial charge in [0.05, 0.1) is 25.6 Å². The van der Waals surface area contributed by atoms with Gasteiger partial charge in [0.15, 0.2) is 0 Å². The monoisotopic (exact) mass is 365 g/mol. The molecule has 0 atom stereocenters. The fraction of sp³-hybridized carbons (Fsp3) is 0.105. The Morgan fingerprint density at radius 2 is 1.78 bits per heavy atom. The van der Waals surface area contributed by atoms with E-state index in [2.05, 4.69) is 20.6 Å². The van der Waals surface area contributed by atoms with Gasteiger partial charge in [-0.15, -0.1) is 0 Å². The summed E-state index contributed by atoms with van der Waals surface area (Å²) < 4.78 is 10.6. The lowest BCUT2D eigenvalue weighted by Crippen LogP contribution is -2.19. The van der Waals surface area contributed by atoms with Gasteiger partial charge in [0.2, 0.25) is 0 Å². The highest BCUT2D eigenvalue weighted by atomic mass is 16.5. The number of urea groups is 1. The van der Waals surface area contributed by atoms with Crippen molar-refractivity contribution in [2.75, 3.05) is 24.9 Å². The zero-order valence-electron chi connectivity index (χ0n) is 14.9. The zero-order valence-corrected chi connectivity index (χ0v) is 14.9. The van der Waals surface area contributed by atoms with Crippen LogP contribution in [0, 0.1) is 0 Å². The number of methoxy groups -OCH3 is 2. The van der Waals surface area contributed by atoms with Crippen LogP contribution in [0.1, 0.15) is 0 Å². The van der Waals surface area contributed by atoms with Gasteiger partial charge in [0, 0.05) is 17.3 Å². The van der Waals surface area contributed by atoms with Crippen LogP contribution < -0.4 is 25.8 Å². The van der Waals surface area contributed by atoms with Gasteiger partial charge in [-0.3, -0.25) is 0 Å². The molecular weight excluding hydrogens is 346 g/mol. The van der Waals surface area contributed by atoms with Gasteiger partial charge < -0.3 is 25.8 Å². The molecule has 0 unspecified atom stereocenters. The summed E-state index contributed by atoms with van der Waals surface area (Å²) in [5, 5.41) is 5.70. The van der Waals surface area contributed by atoms with Crippen LogP contribution in [0.25, 0.3) is 11.3 Å². The van der Waals surface area contributed by atoms with E-state index < -0.39 is 6.03 Å². The largest absolute Gasteiger partial charge is 0.496 e. The van der Waals surface area contributed by atoms with Crippen LogP contribution in [-0.2, 0) is 0 Å². The molecule has 4 N–H and O–H groups in total. The normalized spacial score (nSPS) is 10.1. The minimum atomic E-state index is -0.675. The van der Waals surface area contributed by atoms with Gasteiger partial charge in [0.1, 0.15) is 23.6 Å². The quantitative estimate of drug-likeness (QED) is 0.617.